The normalized spacial score (nSPS) is 22.3. The summed E-state index contributed by atoms with van der Waals surface area (Å²) in [5.41, 5.74) is 2.76. The van der Waals surface area contributed by atoms with Gasteiger partial charge in [-0.3, -0.25) is 9.69 Å². The summed E-state index contributed by atoms with van der Waals surface area (Å²) in [7, 11) is 0. The number of carboxylic acids is 1. The van der Waals surface area contributed by atoms with Gasteiger partial charge in [0.15, 0.2) is 0 Å². The smallest absolute Gasteiger partial charge is 0.317 e. The highest BCUT2D eigenvalue weighted by atomic mass is 16.4. The van der Waals surface area contributed by atoms with Crippen molar-refractivity contribution in [2.75, 3.05) is 13.1 Å². The van der Waals surface area contributed by atoms with Gasteiger partial charge in [-0.15, -0.1) is 0 Å². The summed E-state index contributed by atoms with van der Waals surface area (Å²) in [6.07, 6.45) is 5.94. The van der Waals surface area contributed by atoms with Gasteiger partial charge in [-0.05, 0) is 49.1 Å². The lowest BCUT2D eigenvalue weighted by molar-refractivity contribution is -0.139. The second-order valence-corrected chi connectivity index (χ2v) is 5.87. The minimum Gasteiger partial charge on any atom is -0.480 e. The van der Waals surface area contributed by atoms with E-state index < -0.39 is 5.97 Å². The number of carboxylic acid groups (broad SMARTS) is 1. The van der Waals surface area contributed by atoms with E-state index in [4.69, 9.17) is 5.11 Å². The molecule has 0 spiro atoms. The molecule has 19 heavy (non-hydrogen) atoms. The standard InChI is InChI=1S/C16H21NO2/c18-16(19)11-17(10-12-8-9-12)15-7-3-5-13-4-1-2-6-14(13)15/h1-2,4,6,12,15H,3,5,7-11H2,(H,18,19). The summed E-state index contributed by atoms with van der Waals surface area (Å²) in [4.78, 5) is 13.3. The molecule has 1 aromatic carbocycles. The second kappa shape index (κ2) is 5.33. The van der Waals surface area contributed by atoms with Crippen molar-refractivity contribution in [2.24, 2.45) is 5.92 Å². The third-order valence-electron chi connectivity index (χ3n) is 4.31. The van der Waals surface area contributed by atoms with Gasteiger partial charge in [-0.25, -0.2) is 0 Å². The van der Waals surface area contributed by atoms with E-state index in [1.165, 1.54) is 30.4 Å². The Morgan fingerprint density at radius 3 is 2.79 bits per heavy atom. The van der Waals surface area contributed by atoms with Crippen molar-refractivity contribution in [1.29, 1.82) is 0 Å². The van der Waals surface area contributed by atoms with Gasteiger partial charge in [0.05, 0.1) is 6.54 Å². The molecule has 1 fully saturated rings. The number of aryl methyl sites for hydroxylation is 1. The van der Waals surface area contributed by atoms with Crippen molar-refractivity contribution < 1.29 is 9.90 Å². The summed E-state index contributed by atoms with van der Waals surface area (Å²) in [6.45, 7) is 1.13. The highest BCUT2D eigenvalue weighted by molar-refractivity contribution is 5.69. The highest BCUT2D eigenvalue weighted by Gasteiger charge is 2.32. The van der Waals surface area contributed by atoms with Crippen LogP contribution in [0.2, 0.25) is 0 Å². The molecule has 0 heterocycles. The molecule has 0 saturated heterocycles. The van der Waals surface area contributed by atoms with Crippen LogP contribution in [-0.2, 0) is 11.2 Å². The first-order valence-electron chi connectivity index (χ1n) is 7.27. The van der Waals surface area contributed by atoms with E-state index in [2.05, 4.69) is 29.2 Å². The molecule has 0 aliphatic heterocycles. The lowest BCUT2D eigenvalue weighted by Crippen LogP contribution is -2.37. The number of aliphatic carboxylic acids is 1. The molecule has 1 saturated carbocycles. The molecular formula is C16H21NO2. The van der Waals surface area contributed by atoms with Crippen molar-refractivity contribution in [3.63, 3.8) is 0 Å². The molecule has 0 amide bonds. The summed E-state index contributed by atoms with van der Waals surface area (Å²) in [5, 5.41) is 9.15. The van der Waals surface area contributed by atoms with Crippen LogP contribution in [0.15, 0.2) is 24.3 Å². The predicted octanol–water partition coefficient (Wildman–Crippen LogP) is 2.86. The maximum Gasteiger partial charge on any atom is 0.317 e. The third kappa shape index (κ3) is 2.98. The largest absolute Gasteiger partial charge is 0.480 e. The first-order valence-corrected chi connectivity index (χ1v) is 7.27. The average molecular weight is 259 g/mol. The number of carbonyl (C=O) groups is 1. The van der Waals surface area contributed by atoms with Crippen LogP contribution >= 0.6 is 0 Å². The van der Waals surface area contributed by atoms with E-state index >= 15 is 0 Å². The molecule has 0 bridgehead atoms. The van der Waals surface area contributed by atoms with Crippen LogP contribution in [0.25, 0.3) is 0 Å². The maximum absolute atomic E-state index is 11.1. The third-order valence-corrected chi connectivity index (χ3v) is 4.31. The van der Waals surface area contributed by atoms with Crippen molar-refractivity contribution >= 4 is 5.97 Å². The number of benzene rings is 1. The van der Waals surface area contributed by atoms with Crippen molar-refractivity contribution in [3.8, 4) is 0 Å². The van der Waals surface area contributed by atoms with Crippen LogP contribution in [0.1, 0.15) is 42.9 Å². The van der Waals surface area contributed by atoms with Gasteiger partial charge < -0.3 is 5.11 Å². The summed E-state index contributed by atoms with van der Waals surface area (Å²) < 4.78 is 0. The number of hydrogen-bond acceptors (Lipinski definition) is 2. The van der Waals surface area contributed by atoms with E-state index in [1.54, 1.807) is 0 Å². The first kappa shape index (κ1) is 12.7. The molecule has 3 heteroatoms. The predicted molar refractivity (Wildman–Crippen MR) is 74.1 cm³/mol. The molecule has 3 rings (SSSR count). The zero-order valence-electron chi connectivity index (χ0n) is 11.2. The Labute approximate surface area is 114 Å². The van der Waals surface area contributed by atoms with Crippen LogP contribution < -0.4 is 0 Å². The molecule has 102 valence electrons. The molecular weight excluding hydrogens is 238 g/mol. The van der Waals surface area contributed by atoms with E-state index in [0.29, 0.717) is 6.04 Å². The number of nitrogens with zero attached hydrogens (tertiary/aromatic N) is 1. The van der Waals surface area contributed by atoms with Crippen LogP contribution in [0.3, 0.4) is 0 Å². The zero-order chi connectivity index (χ0) is 13.2. The quantitative estimate of drug-likeness (QED) is 0.884. The minimum absolute atomic E-state index is 0.176. The van der Waals surface area contributed by atoms with Gasteiger partial charge in [-0.2, -0.15) is 0 Å². The van der Waals surface area contributed by atoms with Crippen molar-refractivity contribution in [1.82, 2.24) is 4.90 Å². The fourth-order valence-corrected chi connectivity index (χ4v) is 3.22. The van der Waals surface area contributed by atoms with E-state index in [0.717, 1.165) is 25.3 Å². The van der Waals surface area contributed by atoms with Gasteiger partial charge in [0, 0.05) is 12.6 Å². The van der Waals surface area contributed by atoms with E-state index in [-0.39, 0.29) is 6.54 Å². The SMILES string of the molecule is O=C(O)CN(CC1CC1)C1CCCc2ccccc21. The Hall–Kier alpha value is -1.35. The molecule has 1 aromatic rings. The van der Waals surface area contributed by atoms with Crippen LogP contribution in [0.4, 0.5) is 0 Å². The number of rotatable bonds is 5. The fourth-order valence-electron chi connectivity index (χ4n) is 3.22. The minimum atomic E-state index is -0.705. The lowest BCUT2D eigenvalue weighted by Gasteiger charge is -2.35. The van der Waals surface area contributed by atoms with E-state index in [1.807, 2.05) is 0 Å². The topological polar surface area (TPSA) is 40.5 Å². The fraction of sp³-hybridized carbons (Fsp3) is 0.562. The van der Waals surface area contributed by atoms with Gasteiger partial charge in [0.2, 0.25) is 0 Å². The molecule has 0 radical (unpaired) electrons. The summed E-state index contributed by atoms with van der Waals surface area (Å²) in [6, 6.07) is 8.84. The van der Waals surface area contributed by atoms with Gasteiger partial charge in [-0.1, -0.05) is 24.3 Å². The van der Waals surface area contributed by atoms with Crippen molar-refractivity contribution in [2.45, 2.75) is 38.1 Å². The molecule has 1 unspecified atom stereocenters. The Kier molecular flexibility index (Phi) is 3.56. The van der Waals surface area contributed by atoms with Gasteiger partial charge >= 0.3 is 5.97 Å². The Morgan fingerprint density at radius 2 is 2.05 bits per heavy atom. The Balaban J connectivity index is 1.83. The Morgan fingerprint density at radius 1 is 1.26 bits per heavy atom. The van der Waals surface area contributed by atoms with Crippen molar-refractivity contribution in [3.05, 3.63) is 35.4 Å². The second-order valence-electron chi connectivity index (χ2n) is 5.87. The zero-order valence-corrected chi connectivity index (χ0v) is 11.2. The van der Waals surface area contributed by atoms with Crippen LogP contribution in [-0.4, -0.2) is 29.1 Å². The summed E-state index contributed by atoms with van der Waals surface area (Å²) >= 11 is 0. The van der Waals surface area contributed by atoms with Crippen LogP contribution in [0, 0.1) is 5.92 Å². The van der Waals surface area contributed by atoms with Gasteiger partial charge in [0.25, 0.3) is 0 Å². The van der Waals surface area contributed by atoms with Gasteiger partial charge in [0.1, 0.15) is 0 Å². The molecule has 3 nitrogen and oxygen atoms in total. The molecule has 2 aliphatic rings. The number of hydrogen-bond donors (Lipinski definition) is 1. The molecule has 1 atom stereocenters. The molecule has 0 aromatic heterocycles. The molecule has 2 aliphatic carbocycles. The number of fused-ring (bicyclic) bond motifs is 1. The lowest BCUT2D eigenvalue weighted by atomic mass is 9.86. The first-order chi connectivity index (χ1) is 9.24. The average Bonchev–Trinajstić information content (AvgIpc) is 3.21. The van der Waals surface area contributed by atoms with E-state index in [9.17, 15) is 4.79 Å². The molecule has 1 N–H and O–H groups in total. The summed E-state index contributed by atoms with van der Waals surface area (Å²) in [5.74, 6) is 0.0251. The maximum atomic E-state index is 11.1. The highest BCUT2D eigenvalue weighted by Crippen LogP contribution is 2.37. The monoisotopic (exact) mass is 259 g/mol. The van der Waals surface area contributed by atoms with Crippen LogP contribution in [0.5, 0.6) is 0 Å². The Bertz CT molecular complexity index is 468.